The van der Waals surface area contributed by atoms with Crippen LogP contribution in [-0.4, -0.2) is 27.0 Å². The number of halogens is 1. The van der Waals surface area contributed by atoms with Crippen molar-refractivity contribution in [3.05, 3.63) is 71.1 Å². The van der Waals surface area contributed by atoms with Gasteiger partial charge in [-0.2, -0.15) is 5.10 Å². The van der Waals surface area contributed by atoms with Crippen molar-refractivity contribution in [2.45, 2.75) is 0 Å². The van der Waals surface area contributed by atoms with Crippen LogP contribution < -0.4 is 10.9 Å². The lowest BCUT2D eigenvalue weighted by Gasteiger charge is -2.07. The van der Waals surface area contributed by atoms with Crippen LogP contribution >= 0.6 is 11.6 Å². The normalized spacial score (nSPS) is 10.2. The largest absolute Gasteiger partial charge is 0.277 e. The number of pyridine rings is 1. The number of benzene rings is 1. The van der Waals surface area contributed by atoms with Crippen molar-refractivity contribution in [2.24, 2.45) is 0 Å². The number of aromatic nitrogens is 3. The number of aromatic amines is 1. The first-order valence-electron chi connectivity index (χ1n) is 6.95. The van der Waals surface area contributed by atoms with Gasteiger partial charge in [0.25, 0.3) is 11.8 Å². The topological polar surface area (TPSA) is 99.8 Å². The summed E-state index contributed by atoms with van der Waals surface area (Å²) in [6, 6.07) is 10.2. The molecule has 2 amide bonds. The maximum Gasteiger partial charge on any atom is 0.273 e. The lowest BCUT2D eigenvalue weighted by Crippen LogP contribution is -2.41. The average Bonchev–Trinajstić information content (AvgIpc) is 3.10. The van der Waals surface area contributed by atoms with Crippen LogP contribution in [0, 0.1) is 0 Å². The zero-order valence-corrected chi connectivity index (χ0v) is 13.0. The van der Waals surface area contributed by atoms with E-state index < -0.39 is 11.8 Å². The highest BCUT2D eigenvalue weighted by molar-refractivity contribution is 6.30. The Kier molecular flexibility index (Phi) is 4.53. The number of hydrogen-bond donors (Lipinski definition) is 3. The lowest BCUT2D eigenvalue weighted by molar-refractivity contribution is 0.0847. The minimum Gasteiger partial charge on any atom is -0.277 e. The summed E-state index contributed by atoms with van der Waals surface area (Å²) in [7, 11) is 0. The summed E-state index contributed by atoms with van der Waals surface area (Å²) >= 11 is 5.86. The summed E-state index contributed by atoms with van der Waals surface area (Å²) in [6.07, 6.45) is 4.34. The van der Waals surface area contributed by atoms with Gasteiger partial charge in [0, 0.05) is 23.0 Å². The van der Waals surface area contributed by atoms with Gasteiger partial charge < -0.3 is 0 Å². The highest BCUT2D eigenvalue weighted by atomic mass is 35.5. The highest BCUT2D eigenvalue weighted by Crippen LogP contribution is 2.22. The van der Waals surface area contributed by atoms with Gasteiger partial charge in [0.1, 0.15) is 0 Å². The average molecular weight is 342 g/mol. The van der Waals surface area contributed by atoms with E-state index in [2.05, 4.69) is 26.0 Å². The molecule has 0 radical (unpaired) electrons. The Bertz CT molecular complexity index is 862. The molecule has 0 spiro atoms. The van der Waals surface area contributed by atoms with Crippen LogP contribution in [0.5, 0.6) is 0 Å². The number of nitrogens with one attached hydrogen (secondary N) is 3. The summed E-state index contributed by atoms with van der Waals surface area (Å²) in [5, 5.41) is 7.24. The second kappa shape index (κ2) is 6.93. The Labute approximate surface area is 142 Å². The molecule has 120 valence electrons. The molecule has 7 nitrogen and oxygen atoms in total. The van der Waals surface area contributed by atoms with Gasteiger partial charge in [-0.3, -0.25) is 30.5 Å². The zero-order chi connectivity index (χ0) is 16.9. The molecule has 0 aliphatic carbocycles. The van der Waals surface area contributed by atoms with E-state index in [4.69, 9.17) is 11.6 Å². The van der Waals surface area contributed by atoms with Gasteiger partial charge in [0.2, 0.25) is 0 Å². The third-order valence-electron chi connectivity index (χ3n) is 3.23. The Balaban J connectivity index is 1.71. The van der Waals surface area contributed by atoms with Crippen molar-refractivity contribution in [1.82, 2.24) is 26.0 Å². The summed E-state index contributed by atoms with van der Waals surface area (Å²) in [6.45, 7) is 0. The smallest absolute Gasteiger partial charge is 0.273 e. The first kappa shape index (κ1) is 15.7. The Morgan fingerprint density at radius 3 is 2.46 bits per heavy atom. The summed E-state index contributed by atoms with van der Waals surface area (Å²) in [5.41, 5.74) is 6.60. The van der Waals surface area contributed by atoms with E-state index in [1.165, 1.54) is 12.4 Å². The highest BCUT2D eigenvalue weighted by Gasteiger charge is 2.16. The second-order valence-corrected chi connectivity index (χ2v) is 5.25. The van der Waals surface area contributed by atoms with Crippen LogP contribution in [0.2, 0.25) is 5.02 Å². The molecule has 0 atom stereocenters. The summed E-state index contributed by atoms with van der Waals surface area (Å²) in [5.74, 6) is -0.959. The van der Waals surface area contributed by atoms with Crippen molar-refractivity contribution < 1.29 is 9.59 Å². The quantitative estimate of drug-likeness (QED) is 0.636. The molecule has 3 aromatic rings. The monoisotopic (exact) mass is 341 g/mol. The van der Waals surface area contributed by atoms with Crippen molar-refractivity contribution in [3.8, 4) is 11.3 Å². The molecular weight excluding hydrogens is 330 g/mol. The first-order chi connectivity index (χ1) is 11.6. The van der Waals surface area contributed by atoms with Crippen LogP contribution in [0.4, 0.5) is 0 Å². The van der Waals surface area contributed by atoms with Gasteiger partial charge in [-0.15, -0.1) is 0 Å². The van der Waals surface area contributed by atoms with E-state index in [1.807, 2.05) is 0 Å². The maximum atomic E-state index is 12.3. The second-order valence-electron chi connectivity index (χ2n) is 4.82. The molecule has 1 aromatic carbocycles. The lowest BCUT2D eigenvalue weighted by atomic mass is 10.1. The van der Waals surface area contributed by atoms with Gasteiger partial charge in [-0.1, -0.05) is 23.7 Å². The molecule has 0 fully saturated rings. The molecule has 24 heavy (non-hydrogen) atoms. The fourth-order valence-electron chi connectivity index (χ4n) is 2.05. The van der Waals surface area contributed by atoms with Gasteiger partial charge in [0.05, 0.1) is 23.0 Å². The molecule has 0 unspecified atom stereocenters. The van der Waals surface area contributed by atoms with E-state index in [0.717, 1.165) is 5.56 Å². The fourth-order valence-corrected chi connectivity index (χ4v) is 2.17. The van der Waals surface area contributed by atoms with Gasteiger partial charge in [-0.25, -0.2) is 0 Å². The minimum atomic E-state index is -0.494. The Morgan fingerprint density at radius 1 is 1.00 bits per heavy atom. The molecule has 0 saturated carbocycles. The molecule has 2 aromatic heterocycles. The van der Waals surface area contributed by atoms with Crippen LogP contribution in [0.15, 0.2) is 55.0 Å². The van der Waals surface area contributed by atoms with Crippen molar-refractivity contribution in [3.63, 3.8) is 0 Å². The number of hydrogen-bond acceptors (Lipinski definition) is 4. The number of carbonyl (C=O) groups is 2. The molecular formula is C16H12ClN5O2. The molecule has 0 bridgehead atoms. The Hall–Kier alpha value is -3.19. The summed E-state index contributed by atoms with van der Waals surface area (Å²) in [4.78, 5) is 28.0. The summed E-state index contributed by atoms with van der Waals surface area (Å²) < 4.78 is 0. The predicted octanol–water partition coefficient (Wildman–Crippen LogP) is 2.20. The van der Waals surface area contributed by atoms with Crippen molar-refractivity contribution in [1.29, 1.82) is 0 Å². The van der Waals surface area contributed by atoms with Gasteiger partial charge in [0.15, 0.2) is 0 Å². The number of rotatable bonds is 3. The number of amides is 2. The van der Waals surface area contributed by atoms with Crippen molar-refractivity contribution in [2.75, 3.05) is 0 Å². The number of H-pyrrole nitrogens is 1. The molecule has 3 rings (SSSR count). The van der Waals surface area contributed by atoms with E-state index >= 15 is 0 Å². The number of carbonyl (C=O) groups excluding carboxylic acids is 2. The predicted molar refractivity (Wildman–Crippen MR) is 88.2 cm³/mol. The molecule has 3 N–H and O–H groups in total. The SMILES string of the molecule is O=C(NNC(=O)c1cn[nH]c1-c1ccc(Cl)cc1)c1cccnc1. The molecule has 0 saturated heterocycles. The van der Waals surface area contributed by atoms with Crippen molar-refractivity contribution >= 4 is 23.4 Å². The third-order valence-corrected chi connectivity index (χ3v) is 3.48. The third kappa shape index (κ3) is 3.41. The molecule has 0 aliphatic heterocycles. The minimum absolute atomic E-state index is 0.295. The molecule has 8 heteroatoms. The van der Waals surface area contributed by atoms with E-state index in [0.29, 0.717) is 21.8 Å². The van der Waals surface area contributed by atoms with Crippen LogP contribution in [0.25, 0.3) is 11.3 Å². The molecule has 2 heterocycles. The number of nitrogens with zero attached hydrogens (tertiary/aromatic N) is 2. The standard InChI is InChI=1S/C16H12ClN5O2/c17-12-5-3-10(4-6-12)14-13(9-19-20-14)16(24)22-21-15(23)11-2-1-7-18-8-11/h1-9H,(H,19,20)(H,21,23)(H,22,24). The van der Waals surface area contributed by atoms with Gasteiger partial charge >= 0.3 is 0 Å². The zero-order valence-electron chi connectivity index (χ0n) is 12.3. The molecule has 0 aliphatic rings. The van der Waals surface area contributed by atoms with Crippen LogP contribution in [0.3, 0.4) is 0 Å². The van der Waals surface area contributed by atoms with Crippen LogP contribution in [-0.2, 0) is 0 Å². The van der Waals surface area contributed by atoms with Crippen LogP contribution in [0.1, 0.15) is 20.7 Å². The number of hydrazine groups is 1. The Morgan fingerprint density at radius 2 is 1.75 bits per heavy atom. The van der Waals surface area contributed by atoms with E-state index in [9.17, 15) is 9.59 Å². The first-order valence-corrected chi connectivity index (χ1v) is 7.33. The fraction of sp³-hybridized carbons (Fsp3) is 0. The van der Waals surface area contributed by atoms with Gasteiger partial charge in [-0.05, 0) is 24.3 Å². The van der Waals surface area contributed by atoms with E-state index in [1.54, 1.807) is 42.6 Å². The maximum absolute atomic E-state index is 12.3. The van der Waals surface area contributed by atoms with E-state index in [-0.39, 0.29) is 0 Å².